The molecule has 1 aromatic carbocycles. The number of aromatic nitrogens is 1. The molecule has 17 heavy (non-hydrogen) atoms. The van der Waals surface area contributed by atoms with E-state index in [1.807, 2.05) is 43.5 Å². The van der Waals surface area contributed by atoms with Gasteiger partial charge in [-0.3, -0.25) is 4.98 Å². The first-order valence-corrected chi connectivity index (χ1v) is 5.95. The Morgan fingerprint density at radius 2 is 1.88 bits per heavy atom. The molecule has 2 rings (SSSR count). The smallest absolute Gasteiger partial charge is 0.0803 e. The first kappa shape index (κ1) is 11.8. The van der Waals surface area contributed by atoms with Crippen molar-refractivity contribution in [3.05, 3.63) is 54.2 Å². The molecule has 88 valence electrons. The third kappa shape index (κ3) is 2.71. The summed E-state index contributed by atoms with van der Waals surface area (Å²) >= 11 is 0. The predicted molar refractivity (Wildman–Crippen MR) is 69.7 cm³/mol. The fourth-order valence-electron chi connectivity index (χ4n) is 1.95. The van der Waals surface area contributed by atoms with Gasteiger partial charge >= 0.3 is 0 Å². The van der Waals surface area contributed by atoms with Crippen LogP contribution in [0.3, 0.4) is 0 Å². The number of pyridine rings is 1. The second kappa shape index (κ2) is 5.60. The minimum absolute atomic E-state index is 0.0956. The fraction of sp³-hybridized carbons (Fsp3) is 0.267. The zero-order valence-electron chi connectivity index (χ0n) is 10.3. The molecule has 1 unspecified atom stereocenters. The molecule has 1 aromatic heterocycles. The van der Waals surface area contributed by atoms with Crippen LogP contribution in [0.25, 0.3) is 11.3 Å². The summed E-state index contributed by atoms with van der Waals surface area (Å²) in [5.74, 6) is 0. The lowest BCUT2D eigenvalue weighted by atomic mass is 10.0. The Balaban J connectivity index is 2.41. The summed E-state index contributed by atoms with van der Waals surface area (Å²) in [4.78, 5) is 4.40. The Hall–Kier alpha value is -1.67. The summed E-state index contributed by atoms with van der Waals surface area (Å²) in [6.45, 7) is 4.81. The second-order valence-corrected chi connectivity index (χ2v) is 3.90. The molecule has 2 nitrogen and oxygen atoms in total. The Kier molecular flexibility index (Phi) is 3.89. The van der Waals surface area contributed by atoms with E-state index in [1.165, 1.54) is 5.56 Å². The fourth-order valence-corrected chi connectivity index (χ4v) is 1.95. The van der Waals surface area contributed by atoms with E-state index >= 15 is 0 Å². The van der Waals surface area contributed by atoms with E-state index in [-0.39, 0.29) is 6.10 Å². The van der Waals surface area contributed by atoms with E-state index < -0.39 is 0 Å². The molecule has 1 heterocycles. The first-order chi connectivity index (χ1) is 8.33. The molecule has 0 saturated carbocycles. The topological polar surface area (TPSA) is 22.1 Å². The predicted octanol–water partition coefficient (Wildman–Crippen LogP) is 3.85. The van der Waals surface area contributed by atoms with Crippen molar-refractivity contribution >= 4 is 0 Å². The Morgan fingerprint density at radius 3 is 2.59 bits per heavy atom. The van der Waals surface area contributed by atoms with Gasteiger partial charge in [0.05, 0.1) is 11.8 Å². The maximum atomic E-state index is 5.66. The van der Waals surface area contributed by atoms with Crippen molar-refractivity contribution in [2.75, 3.05) is 6.61 Å². The Bertz CT molecular complexity index is 467. The molecule has 2 aromatic rings. The number of ether oxygens (including phenoxy) is 1. The van der Waals surface area contributed by atoms with Crippen LogP contribution < -0.4 is 0 Å². The minimum Gasteiger partial charge on any atom is -0.374 e. The van der Waals surface area contributed by atoms with E-state index in [0.717, 1.165) is 17.9 Å². The lowest BCUT2D eigenvalue weighted by Crippen LogP contribution is -2.01. The molecule has 0 radical (unpaired) electrons. The third-order valence-corrected chi connectivity index (χ3v) is 2.76. The standard InChI is InChI=1S/C15H17NO/c1-3-17-12(2)13-8-4-5-9-14(13)15-10-6-7-11-16-15/h4-12H,3H2,1-2H3. The van der Waals surface area contributed by atoms with Gasteiger partial charge in [0.25, 0.3) is 0 Å². The SMILES string of the molecule is CCOC(C)c1ccccc1-c1ccccn1. The van der Waals surface area contributed by atoms with E-state index in [4.69, 9.17) is 4.74 Å². The van der Waals surface area contributed by atoms with Crippen LogP contribution in [0.1, 0.15) is 25.5 Å². The van der Waals surface area contributed by atoms with Crippen LogP contribution in [0.15, 0.2) is 48.7 Å². The second-order valence-electron chi connectivity index (χ2n) is 3.90. The summed E-state index contributed by atoms with van der Waals surface area (Å²) in [7, 11) is 0. The quantitative estimate of drug-likeness (QED) is 0.791. The van der Waals surface area contributed by atoms with Crippen LogP contribution in [0.5, 0.6) is 0 Å². The minimum atomic E-state index is 0.0956. The average molecular weight is 227 g/mol. The van der Waals surface area contributed by atoms with Gasteiger partial charge < -0.3 is 4.74 Å². The molecule has 0 amide bonds. The maximum Gasteiger partial charge on any atom is 0.0803 e. The van der Waals surface area contributed by atoms with Crippen molar-refractivity contribution in [2.24, 2.45) is 0 Å². The molecule has 0 saturated heterocycles. The van der Waals surface area contributed by atoms with E-state index in [1.54, 1.807) is 0 Å². The monoisotopic (exact) mass is 227 g/mol. The summed E-state index contributed by atoms with van der Waals surface area (Å²) in [5, 5.41) is 0. The number of nitrogens with zero attached hydrogens (tertiary/aromatic N) is 1. The molecule has 0 fully saturated rings. The zero-order chi connectivity index (χ0) is 12.1. The van der Waals surface area contributed by atoms with E-state index in [2.05, 4.69) is 24.0 Å². The van der Waals surface area contributed by atoms with Gasteiger partial charge in [-0.2, -0.15) is 0 Å². The third-order valence-electron chi connectivity index (χ3n) is 2.76. The maximum absolute atomic E-state index is 5.66. The van der Waals surface area contributed by atoms with Gasteiger partial charge in [-0.1, -0.05) is 30.3 Å². The van der Waals surface area contributed by atoms with Crippen molar-refractivity contribution in [1.82, 2.24) is 4.98 Å². The van der Waals surface area contributed by atoms with Crippen molar-refractivity contribution < 1.29 is 4.74 Å². The van der Waals surface area contributed by atoms with Gasteiger partial charge in [-0.05, 0) is 31.5 Å². The van der Waals surface area contributed by atoms with Gasteiger partial charge in [0.2, 0.25) is 0 Å². The molecule has 0 bridgehead atoms. The number of hydrogen-bond donors (Lipinski definition) is 0. The average Bonchev–Trinajstić information content (AvgIpc) is 2.40. The largest absolute Gasteiger partial charge is 0.374 e. The molecule has 2 heteroatoms. The normalized spacial score (nSPS) is 12.4. The number of hydrogen-bond acceptors (Lipinski definition) is 2. The molecule has 1 atom stereocenters. The number of benzene rings is 1. The number of rotatable bonds is 4. The van der Waals surface area contributed by atoms with Crippen molar-refractivity contribution in [2.45, 2.75) is 20.0 Å². The van der Waals surface area contributed by atoms with Crippen LogP contribution in [0.4, 0.5) is 0 Å². The van der Waals surface area contributed by atoms with Crippen LogP contribution in [0, 0.1) is 0 Å². The molecule has 0 spiro atoms. The highest BCUT2D eigenvalue weighted by atomic mass is 16.5. The lowest BCUT2D eigenvalue weighted by Gasteiger charge is -2.16. The van der Waals surface area contributed by atoms with Crippen LogP contribution in [0.2, 0.25) is 0 Å². The van der Waals surface area contributed by atoms with Crippen molar-refractivity contribution in [1.29, 1.82) is 0 Å². The molecular weight excluding hydrogens is 210 g/mol. The summed E-state index contributed by atoms with van der Waals surface area (Å²) < 4.78 is 5.66. The summed E-state index contributed by atoms with van der Waals surface area (Å²) in [6, 6.07) is 14.2. The highest BCUT2D eigenvalue weighted by Gasteiger charge is 2.11. The van der Waals surface area contributed by atoms with Gasteiger partial charge in [0.1, 0.15) is 0 Å². The van der Waals surface area contributed by atoms with Gasteiger partial charge in [0, 0.05) is 18.4 Å². The van der Waals surface area contributed by atoms with Gasteiger partial charge in [-0.15, -0.1) is 0 Å². The highest BCUT2D eigenvalue weighted by molar-refractivity contribution is 5.63. The van der Waals surface area contributed by atoms with E-state index in [9.17, 15) is 0 Å². The molecule has 0 aliphatic rings. The summed E-state index contributed by atoms with van der Waals surface area (Å²) in [6.07, 6.45) is 1.91. The van der Waals surface area contributed by atoms with Crippen LogP contribution >= 0.6 is 0 Å². The van der Waals surface area contributed by atoms with E-state index in [0.29, 0.717) is 0 Å². The first-order valence-electron chi connectivity index (χ1n) is 5.95. The van der Waals surface area contributed by atoms with Crippen molar-refractivity contribution in [3.8, 4) is 11.3 Å². The molecule has 0 N–H and O–H groups in total. The lowest BCUT2D eigenvalue weighted by molar-refractivity contribution is 0.0768. The van der Waals surface area contributed by atoms with Gasteiger partial charge in [0.15, 0.2) is 0 Å². The summed E-state index contributed by atoms with van der Waals surface area (Å²) in [5.41, 5.74) is 3.33. The van der Waals surface area contributed by atoms with Crippen LogP contribution in [-0.2, 0) is 4.74 Å². The Morgan fingerprint density at radius 1 is 1.12 bits per heavy atom. The van der Waals surface area contributed by atoms with Crippen LogP contribution in [-0.4, -0.2) is 11.6 Å². The van der Waals surface area contributed by atoms with Crippen molar-refractivity contribution in [3.63, 3.8) is 0 Å². The highest BCUT2D eigenvalue weighted by Crippen LogP contribution is 2.28. The van der Waals surface area contributed by atoms with Gasteiger partial charge in [-0.25, -0.2) is 0 Å². The molecular formula is C15H17NO. The zero-order valence-corrected chi connectivity index (χ0v) is 10.3. The molecule has 0 aliphatic heterocycles. The molecule has 0 aliphatic carbocycles. The Labute approximate surface area is 102 Å².